The quantitative estimate of drug-likeness (QED) is 0.357. The third-order valence-electron chi connectivity index (χ3n) is 2.69. The monoisotopic (exact) mass is 267 g/mol. The van der Waals surface area contributed by atoms with E-state index in [0.717, 1.165) is 0 Å². The van der Waals surface area contributed by atoms with Crippen molar-refractivity contribution < 1.29 is 9.72 Å². The van der Waals surface area contributed by atoms with Gasteiger partial charge in [0.05, 0.1) is 11.5 Å². The van der Waals surface area contributed by atoms with Crippen LogP contribution in [-0.4, -0.2) is 40.4 Å². The number of hydrazine groups is 1. The Morgan fingerprint density at radius 2 is 2.26 bits per heavy atom. The number of rotatable bonds is 3. The van der Waals surface area contributed by atoms with Gasteiger partial charge in [-0.1, -0.05) is 0 Å². The van der Waals surface area contributed by atoms with E-state index in [0.29, 0.717) is 13.1 Å². The number of piperazine rings is 1. The molecule has 0 saturated carbocycles. The molecule has 4 N–H and O–H groups in total. The van der Waals surface area contributed by atoms with Crippen LogP contribution in [-0.2, 0) is 4.79 Å². The van der Waals surface area contributed by atoms with Crippen molar-refractivity contribution in [2.45, 2.75) is 6.92 Å². The van der Waals surface area contributed by atoms with Crippen molar-refractivity contribution in [1.29, 1.82) is 0 Å². The molecule has 2 heterocycles. The Morgan fingerprint density at radius 3 is 2.84 bits per heavy atom. The molecule has 1 aromatic rings. The Bertz CT molecular complexity index is 533. The lowest BCUT2D eigenvalue weighted by Crippen LogP contribution is -2.48. The second-order valence-electron chi connectivity index (χ2n) is 3.98. The van der Waals surface area contributed by atoms with Crippen LogP contribution in [0.15, 0.2) is 0 Å². The van der Waals surface area contributed by atoms with Crippen LogP contribution in [0.2, 0.25) is 0 Å². The van der Waals surface area contributed by atoms with Gasteiger partial charge in [0.2, 0.25) is 17.7 Å². The molecule has 0 unspecified atom stereocenters. The summed E-state index contributed by atoms with van der Waals surface area (Å²) in [5.74, 6) is 5.19. The number of hydrogen-bond acceptors (Lipinski definition) is 8. The number of nitro groups is 1. The number of anilines is 2. The minimum absolute atomic E-state index is 0.0152. The summed E-state index contributed by atoms with van der Waals surface area (Å²) < 4.78 is 0. The first-order chi connectivity index (χ1) is 9.02. The molecular weight excluding hydrogens is 254 g/mol. The summed E-state index contributed by atoms with van der Waals surface area (Å²) in [5.41, 5.74) is 2.23. The summed E-state index contributed by atoms with van der Waals surface area (Å²) in [4.78, 5) is 31.3. The lowest BCUT2D eigenvalue weighted by atomic mass is 10.3. The highest BCUT2D eigenvalue weighted by Crippen LogP contribution is 2.29. The number of aryl methyl sites for hydroxylation is 1. The fourth-order valence-electron chi connectivity index (χ4n) is 1.87. The maximum atomic E-state index is 11.4. The van der Waals surface area contributed by atoms with E-state index in [9.17, 15) is 14.9 Å². The van der Waals surface area contributed by atoms with E-state index in [4.69, 9.17) is 5.84 Å². The summed E-state index contributed by atoms with van der Waals surface area (Å²) in [6.45, 7) is 2.35. The predicted molar refractivity (Wildman–Crippen MR) is 66.5 cm³/mol. The number of carbonyl (C=O) groups is 1. The third kappa shape index (κ3) is 2.52. The molecule has 102 valence electrons. The molecule has 1 saturated heterocycles. The Labute approximate surface area is 108 Å². The lowest BCUT2D eigenvalue weighted by Gasteiger charge is -2.27. The molecule has 0 atom stereocenters. The number of nitrogen functional groups attached to an aromatic ring is 1. The Morgan fingerprint density at radius 1 is 1.53 bits per heavy atom. The Kier molecular flexibility index (Phi) is 3.42. The lowest BCUT2D eigenvalue weighted by molar-refractivity contribution is -0.385. The minimum atomic E-state index is -0.558. The van der Waals surface area contributed by atoms with E-state index < -0.39 is 4.92 Å². The molecule has 1 aliphatic heterocycles. The molecule has 1 amide bonds. The average molecular weight is 267 g/mol. The average Bonchev–Trinajstić information content (AvgIpc) is 2.37. The van der Waals surface area contributed by atoms with E-state index in [2.05, 4.69) is 20.7 Å². The number of nitrogens with two attached hydrogens (primary N) is 1. The van der Waals surface area contributed by atoms with E-state index in [1.54, 1.807) is 0 Å². The van der Waals surface area contributed by atoms with Crippen LogP contribution in [0.3, 0.4) is 0 Å². The Hall–Kier alpha value is -2.49. The van der Waals surface area contributed by atoms with Gasteiger partial charge in [0.15, 0.2) is 0 Å². The van der Waals surface area contributed by atoms with Crippen LogP contribution in [0.4, 0.5) is 17.5 Å². The zero-order valence-electron chi connectivity index (χ0n) is 10.2. The van der Waals surface area contributed by atoms with Crippen molar-refractivity contribution in [3.05, 3.63) is 15.8 Å². The van der Waals surface area contributed by atoms with Gasteiger partial charge in [0.25, 0.3) is 0 Å². The molecule has 10 heteroatoms. The molecule has 0 aromatic carbocycles. The topological polar surface area (TPSA) is 139 Å². The smallest absolute Gasteiger partial charge is 0.332 e. The number of nitrogens with zero attached hydrogens (tertiary/aromatic N) is 4. The Balaban J connectivity index is 2.49. The van der Waals surface area contributed by atoms with Crippen molar-refractivity contribution in [3.8, 4) is 0 Å². The summed E-state index contributed by atoms with van der Waals surface area (Å²) >= 11 is 0. The van der Waals surface area contributed by atoms with Gasteiger partial charge in [-0.3, -0.25) is 20.3 Å². The molecule has 1 aliphatic rings. The van der Waals surface area contributed by atoms with E-state index >= 15 is 0 Å². The van der Waals surface area contributed by atoms with Crippen molar-refractivity contribution in [3.63, 3.8) is 0 Å². The molecule has 0 aliphatic carbocycles. The molecule has 1 fully saturated rings. The van der Waals surface area contributed by atoms with Gasteiger partial charge in [-0.25, -0.2) is 10.8 Å². The van der Waals surface area contributed by atoms with Crippen molar-refractivity contribution in [2.24, 2.45) is 5.84 Å². The zero-order valence-corrected chi connectivity index (χ0v) is 10.2. The van der Waals surface area contributed by atoms with Gasteiger partial charge < -0.3 is 10.2 Å². The van der Waals surface area contributed by atoms with Gasteiger partial charge in [0.1, 0.15) is 5.69 Å². The van der Waals surface area contributed by atoms with E-state index in [1.165, 1.54) is 11.8 Å². The van der Waals surface area contributed by atoms with Gasteiger partial charge in [-0.2, -0.15) is 4.98 Å². The number of aromatic nitrogens is 2. The van der Waals surface area contributed by atoms with Crippen molar-refractivity contribution in [1.82, 2.24) is 15.3 Å². The van der Waals surface area contributed by atoms with Crippen molar-refractivity contribution in [2.75, 3.05) is 30.0 Å². The molecule has 0 bridgehead atoms. The maximum Gasteiger partial charge on any atom is 0.332 e. The summed E-state index contributed by atoms with van der Waals surface area (Å²) in [6, 6.07) is 0. The van der Waals surface area contributed by atoms with Crippen LogP contribution < -0.4 is 21.5 Å². The first-order valence-corrected chi connectivity index (χ1v) is 5.54. The largest absolute Gasteiger partial charge is 0.353 e. The first-order valence-electron chi connectivity index (χ1n) is 5.54. The first kappa shape index (κ1) is 13.0. The molecule has 0 spiro atoms. The van der Waals surface area contributed by atoms with Gasteiger partial charge >= 0.3 is 5.69 Å². The highest BCUT2D eigenvalue weighted by Gasteiger charge is 2.29. The molecule has 10 nitrogen and oxygen atoms in total. The van der Waals surface area contributed by atoms with Gasteiger partial charge in [0, 0.05) is 13.1 Å². The van der Waals surface area contributed by atoms with Crippen LogP contribution in [0, 0.1) is 17.0 Å². The molecule has 1 aromatic heterocycles. The van der Waals surface area contributed by atoms with Crippen LogP contribution in [0.1, 0.15) is 5.69 Å². The van der Waals surface area contributed by atoms with E-state index in [1.807, 2.05) is 0 Å². The predicted octanol–water partition coefficient (Wildman–Crippen LogP) is -1.08. The molecule has 0 radical (unpaired) electrons. The number of hydrogen-bond donors (Lipinski definition) is 3. The number of carbonyl (C=O) groups excluding carboxylic acids is 1. The SMILES string of the molecule is Cc1nc(NN)nc(N2CCNC(=O)C2)c1[N+](=O)[O-]. The van der Waals surface area contributed by atoms with Gasteiger partial charge in [-0.15, -0.1) is 0 Å². The standard InChI is InChI=1S/C9H13N7O3/c1-5-7(16(18)19)8(13-9(12-5)14-10)15-3-2-11-6(17)4-15/h2-4,10H2,1H3,(H,11,17)(H,12,13,14). The van der Waals surface area contributed by atoms with Crippen LogP contribution in [0.5, 0.6) is 0 Å². The highest BCUT2D eigenvalue weighted by atomic mass is 16.6. The third-order valence-corrected chi connectivity index (χ3v) is 2.69. The minimum Gasteiger partial charge on any atom is -0.353 e. The fourth-order valence-corrected chi connectivity index (χ4v) is 1.87. The summed E-state index contributed by atoms with van der Waals surface area (Å²) in [5, 5.41) is 13.8. The van der Waals surface area contributed by atoms with Crippen LogP contribution in [0.25, 0.3) is 0 Å². The van der Waals surface area contributed by atoms with E-state index in [-0.39, 0.29) is 35.6 Å². The van der Waals surface area contributed by atoms with Gasteiger partial charge in [-0.05, 0) is 6.92 Å². The molecule has 2 rings (SSSR count). The molecular formula is C9H13N7O3. The second kappa shape index (κ2) is 5.02. The zero-order chi connectivity index (χ0) is 14.0. The number of amides is 1. The number of nitrogens with one attached hydrogen (secondary N) is 2. The normalized spacial score (nSPS) is 15.1. The maximum absolute atomic E-state index is 11.4. The second-order valence-corrected chi connectivity index (χ2v) is 3.98. The highest BCUT2D eigenvalue weighted by molar-refractivity contribution is 5.83. The van der Waals surface area contributed by atoms with Crippen LogP contribution >= 0.6 is 0 Å². The fraction of sp³-hybridized carbons (Fsp3) is 0.444. The molecule has 19 heavy (non-hydrogen) atoms. The summed E-state index contributed by atoms with van der Waals surface area (Å²) in [6.07, 6.45) is 0. The van der Waals surface area contributed by atoms with Crippen molar-refractivity contribution >= 4 is 23.4 Å². The summed E-state index contributed by atoms with van der Waals surface area (Å²) in [7, 11) is 0.